The molecule has 0 spiro atoms. The Morgan fingerprint density at radius 3 is 2.42 bits per heavy atom. The van der Waals surface area contributed by atoms with Crippen LogP contribution in [0.1, 0.15) is 72.7 Å². The number of aldehydes is 1. The molecule has 36 heavy (non-hydrogen) atoms. The highest BCUT2D eigenvalue weighted by atomic mass is 16.7. The van der Waals surface area contributed by atoms with E-state index < -0.39 is 6.09 Å². The van der Waals surface area contributed by atoms with Crippen molar-refractivity contribution in [2.45, 2.75) is 84.1 Å². The Hall–Kier alpha value is -2.43. The predicted octanol–water partition coefficient (Wildman–Crippen LogP) is 3.58. The summed E-state index contributed by atoms with van der Waals surface area (Å²) in [6.07, 6.45) is 3.83. The SMILES string of the molecule is CCC.CN1C(c2nc3ccc(B4OC(C)(C)C(C)(C)O4)cc3[nH]2)CC2CC21.COC(=O)NCC=O. The molecule has 9 nitrogen and oxygen atoms in total. The van der Waals surface area contributed by atoms with Crippen LogP contribution in [0.15, 0.2) is 18.2 Å². The first-order valence-electron chi connectivity index (χ1n) is 12.8. The molecule has 3 aliphatic rings. The summed E-state index contributed by atoms with van der Waals surface area (Å²) < 4.78 is 16.5. The molecule has 5 rings (SSSR count). The number of piperidine rings is 1. The Bertz CT molecular complexity index is 1040. The van der Waals surface area contributed by atoms with E-state index in [1.807, 2.05) is 0 Å². The van der Waals surface area contributed by atoms with Gasteiger partial charge in [-0.3, -0.25) is 4.90 Å². The van der Waals surface area contributed by atoms with Crippen molar-refractivity contribution in [2.24, 2.45) is 5.92 Å². The van der Waals surface area contributed by atoms with E-state index in [1.165, 1.54) is 26.4 Å². The fraction of sp³-hybridized carbons (Fsp3) is 0.654. The van der Waals surface area contributed by atoms with Crippen LogP contribution in [-0.4, -0.2) is 72.3 Å². The lowest BCUT2D eigenvalue weighted by atomic mass is 9.79. The fourth-order valence-electron chi connectivity index (χ4n) is 4.50. The first-order valence-corrected chi connectivity index (χ1v) is 12.8. The number of fused-ring (bicyclic) bond motifs is 2. The van der Waals surface area contributed by atoms with Crippen LogP contribution in [0.2, 0.25) is 0 Å². The van der Waals surface area contributed by atoms with Gasteiger partial charge < -0.3 is 29.1 Å². The molecule has 1 aromatic heterocycles. The molecule has 0 radical (unpaired) electrons. The number of hydrogen-bond donors (Lipinski definition) is 2. The molecular formula is C26H41BN4O5. The van der Waals surface area contributed by atoms with Crippen molar-refractivity contribution in [1.29, 1.82) is 0 Å². The van der Waals surface area contributed by atoms with Crippen molar-refractivity contribution in [1.82, 2.24) is 20.2 Å². The third-order valence-corrected chi connectivity index (χ3v) is 7.31. The number of carbonyl (C=O) groups excluding carboxylic acids is 2. The average Bonchev–Trinajstić information content (AvgIpc) is 3.26. The molecule has 10 heteroatoms. The molecule has 1 aliphatic carbocycles. The number of ether oxygens (including phenoxy) is 1. The number of carbonyl (C=O) groups is 2. The number of aromatic nitrogens is 2. The maximum Gasteiger partial charge on any atom is 0.494 e. The van der Waals surface area contributed by atoms with Gasteiger partial charge in [0.25, 0.3) is 0 Å². The molecular weight excluding hydrogens is 459 g/mol. The van der Waals surface area contributed by atoms with E-state index in [0.29, 0.717) is 12.3 Å². The van der Waals surface area contributed by atoms with Crippen molar-refractivity contribution in [3.05, 3.63) is 24.0 Å². The second-order valence-corrected chi connectivity index (χ2v) is 10.7. The highest BCUT2D eigenvalue weighted by Crippen LogP contribution is 2.52. The van der Waals surface area contributed by atoms with Gasteiger partial charge in [0.1, 0.15) is 12.1 Å². The van der Waals surface area contributed by atoms with E-state index in [4.69, 9.17) is 14.3 Å². The van der Waals surface area contributed by atoms with Gasteiger partial charge in [0.2, 0.25) is 0 Å². The Labute approximate surface area is 214 Å². The molecule has 3 heterocycles. The average molecular weight is 500 g/mol. The number of likely N-dealkylation sites (tertiary alicyclic amines) is 1. The van der Waals surface area contributed by atoms with Gasteiger partial charge in [-0.1, -0.05) is 26.3 Å². The standard InChI is InChI=1S/C19H26BN3O2.C4H7NO3.C3H8/c1-18(2)19(3,4)25-20(24-18)12-6-7-13-14(10-12)22-17(21-13)16-9-11-8-15(11)23(16)5;1-8-4(7)5-2-3-6;1-3-2/h6-7,10-11,15-16H,8-9H2,1-5H3,(H,21,22);3H,2H2,1H3,(H,5,7);3H2,1-2H3. The number of methoxy groups -OCH3 is 1. The number of alkyl carbamates (subject to hydrolysis) is 1. The molecule has 3 atom stereocenters. The van der Waals surface area contributed by atoms with E-state index in [-0.39, 0.29) is 24.9 Å². The number of nitrogens with one attached hydrogen (secondary N) is 2. The summed E-state index contributed by atoms with van der Waals surface area (Å²) in [5.74, 6) is 1.97. The maximum atomic E-state index is 10.1. The van der Waals surface area contributed by atoms with Crippen molar-refractivity contribution in [2.75, 3.05) is 20.7 Å². The third kappa shape index (κ3) is 6.10. The number of benzene rings is 1. The Kier molecular flexibility index (Phi) is 8.85. The predicted molar refractivity (Wildman–Crippen MR) is 141 cm³/mol. The van der Waals surface area contributed by atoms with Crippen LogP contribution in [0.5, 0.6) is 0 Å². The van der Waals surface area contributed by atoms with Gasteiger partial charge in [0, 0.05) is 6.04 Å². The van der Waals surface area contributed by atoms with Crippen molar-refractivity contribution < 1.29 is 23.6 Å². The molecule has 2 aliphatic heterocycles. The van der Waals surface area contributed by atoms with Gasteiger partial charge in [-0.15, -0.1) is 0 Å². The number of aromatic amines is 1. The number of amides is 1. The van der Waals surface area contributed by atoms with Crippen LogP contribution in [0, 0.1) is 5.92 Å². The molecule has 2 N–H and O–H groups in total. The summed E-state index contributed by atoms with van der Waals surface area (Å²) in [6, 6.07) is 7.48. The third-order valence-electron chi connectivity index (χ3n) is 7.31. The van der Waals surface area contributed by atoms with Crippen molar-refractivity contribution in [3.8, 4) is 0 Å². The number of nitrogens with zero attached hydrogens (tertiary/aromatic N) is 2. The van der Waals surface area contributed by atoms with E-state index in [2.05, 4.69) is 86.7 Å². The zero-order valence-electron chi connectivity index (χ0n) is 22.9. The molecule has 1 saturated carbocycles. The normalized spacial score (nSPS) is 25.2. The minimum atomic E-state index is -0.586. The van der Waals surface area contributed by atoms with Gasteiger partial charge in [-0.25, -0.2) is 9.78 Å². The largest absolute Gasteiger partial charge is 0.494 e. The van der Waals surface area contributed by atoms with Crippen LogP contribution in [0.3, 0.4) is 0 Å². The monoisotopic (exact) mass is 500 g/mol. The molecule has 0 bridgehead atoms. The molecule has 3 fully saturated rings. The lowest BCUT2D eigenvalue weighted by molar-refractivity contribution is -0.107. The molecule has 2 aromatic rings. The molecule has 1 amide bonds. The highest BCUT2D eigenvalue weighted by Gasteiger charge is 2.52. The van der Waals surface area contributed by atoms with E-state index in [0.717, 1.165) is 34.3 Å². The first-order chi connectivity index (χ1) is 17.0. The van der Waals surface area contributed by atoms with Gasteiger partial charge in [-0.2, -0.15) is 0 Å². The van der Waals surface area contributed by atoms with Gasteiger partial charge >= 0.3 is 13.2 Å². The lowest BCUT2D eigenvalue weighted by Gasteiger charge is -2.32. The number of imidazole rings is 1. The first kappa shape index (κ1) is 28.2. The second kappa shape index (κ2) is 11.3. The summed E-state index contributed by atoms with van der Waals surface area (Å²) in [7, 11) is 3.13. The summed E-state index contributed by atoms with van der Waals surface area (Å²) in [4.78, 5) is 30.5. The zero-order valence-corrected chi connectivity index (χ0v) is 22.9. The van der Waals surface area contributed by atoms with Crippen molar-refractivity contribution in [3.63, 3.8) is 0 Å². The van der Waals surface area contributed by atoms with E-state index in [1.54, 1.807) is 0 Å². The van der Waals surface area contributed by atoms with Crippen LogP contribution in [0.4, 0.5) is 4.79 Å². The molecule has 3 unspecified atom stereocenters. The van der Waals surface area contributed by atoms with Crippen molar-refractivity contribution >= 4 is 36.0 Å². The minimum absolute atomic E-state index is 0.00662. The number of hydrogen-bond acceptors (Lipinski definition) is 7. The smallest absolute Gasteiger partial charge is 0.453 e. The molecule has 198 valence electrons. The summed E-state index contributed by atoms with van der Waals surface area (Å²) in [5, 5.41) is 2.15. The summed E-state index contributed by atoms with van der Waals surface area (Å²) in [6.45, 7) is 12.6. The topological polar surface area (TPSA) is 106 Å². The Balaban J connectivity index is 0.000000280. The van der Waals surface area contributed by atoms with Crippen LogP contribution >= 0.6 is 0 Å². The highest BCUT2D eigenvalue weighted by molar-refractivity contribution is 6.62. The van der Waals surface area contributed by atoms with E-state index >= 15 is 0 Å². The van der Waals surface area contributed by atoms with Crippen LogP contribution < -0.4 is 10.8 Å². The number of H-pyrrole nitrogens is 1. The lowest BCUT2D eigenvalue weighted by Crippen LogP contribution is -2.41. The molecule has 2 saturated heterocycles. The van der Waals surface area contributed by atoms with Crippen LogP contribution in [0.25, 0.3) is 11.0 Å². The fourth-order valence-corrected chi connectivity index (χ4v) is 4.50. The second-order valence-electron chi connectivity index (χ2n) is 10.7. The summed E-state index contributed by atoms with van der Waals surface area (Å²) in [5.41, 5.74) is 2.49. The summed E-state index contributed by atoms with van der Waals surface area (Å²) >= 11 is 0. The van der Waals surface area contributed by atoms with Gasteiger partial charge in [0.05, 0.1) is 41.9 Å². The number of rotatable bonds is 4. The van der Waals surface area contributed by atoms with Gasteiger partial charge in [0.15, 0.2) is 0 Å². The minimum Gasteiger partial charge on any atom is -0.453 e. The van der Waals surface area contributed by atoms with E-state index in [9.17, 15) is 9.59 Å². The van der Waals surface area contributed by atoms with Crippen LogP contribution in [-0.2, 0) is 18.8 Å². The van der Waals surface area contributed by atoms with Gasteiger partial charge in [-0.05, 0) is 71.1 Å². The molecule has 1 aromatic carbocycles. The zero-order chi connectivity index (χ0) is 26.7. The Morgan fingerprint density at radius 1 is 1.25 bits per heavy atom. The Morgan fingerprint density at radius 2 is 1.89 bits per heavy atom. The quantitative estimate of drug-likeness (QED) is 0.488. The maximum absolute atomic E-state index is 10.1.